The minimum Gasteiger partial charge on any atom is -0.395 e. The molecule has 1 unspecified atom stereocenters. The fourth-order valence-electron chi connectivity index (χ4n) is 5.87. The second kappa shape index (κ2) is 7.74. The summed E-state index contributed by atoms with van der Waals surface area (Å²) in [6.45, 7) is 9.00. The van der Waals surface area contributed by atoms with E-state index in [0.29, 0.717) is 19.6 Å². The molecule has 0 aliphatic carbocycles. The highest BCUT2D eigenvalue weighted by Crippen LogP contribution is 2.57. The number of aliphatic hydroxyl groups excluding tert-OH is 1. The molecule has 0 bridgehead atoms. The molecular weight excluding hydrogens is 398 g/mol. The average molecular weight is 432 g/mol. The van der Waals surface area contributed by atoms with Crippen LogP contribution in [0.2, 0.25) is 0 Å². The molecule has 0 aromatic heterocycles. The van der Waals surface area contributed by atoms with Crippen LogP contribution >= 0.6 is 0 Å². The van der Waals surface area contributed by atoms with Gasteiger partial charge in [0.2, 0.25) is 17.7 Å². The highest BCUT2D eigenvalue weighted by molar-refractivity contribution is 6.00. The lowest BCUT2D eigenvalue weighted by molar-refractivity contribution is -0.153. The molecule has 2 fully saturated rings. The van der Waals surface area contributed by atoms with Gasteiger partial charge in [-0.1, -0.05) is 31.2 Å². The zero-order valence-electron chi connectivity index (χ0n) is 18.8. The topological polar surface area (TPSA) is 90.4 Å². The molecule has 4 aliphatic heterocycles. The van der Waals surface area contributed by atoms with Crippen molar-refractivity contribution in [2.75, 3.05) is 32.8 Å². The Bertz CT molecular complexity index is 839. The predicted molar refractivity (Wildman–Crippen MR) is 114 cm³/mol. The third-order valence-corrected chi connectivity index (χ3v) is 7.13. The van der Waals surface area contributed by atoms with Crippen molar-refractivity contribution in [2.24, 2.45) is 11.8 Å². The van der Waals surface area contributed by atoms with Gasteiger partial charge in [-0.2, -0.15) is 0 Å². The maximum atomic E-state index is 13.7. The third kappa shape index (κ3) is 3.06. The van der Waals surface area contributed by atoms with Crippen LogP contribution in [0.5, 0.6) is 0 Å². The third-order valence-electron chi connectivity index (χ3n) is 7.13. The Labute approximate surface area is 183 Å². The molecule has 8 nitrogen and oxygen atoms in total. The number of likely N-dealkylation sites (tertiary alicyclic amines) is 1. The van der Waals surface area contributed by atoms with E-state index in [1.165, 1.54) is 4.90 Å². The molecule has 1 spiro atoms. The summed E-state index contributed by atoms with van der Waals surface area (Å²) in [5, 5.41) is 9.66. The van der Waals surface area contributed by atoms with Gasteiger partial charge in [0.1, 0.15) is 11.6 Å². The largest absolute Gasteiger partial charge is 0.395 e. The summed E-state index contributed by atoms with van der Waals surface area (Å²) in [6, 6.07) is -0.954. The summed E-state index contributed by atoms with van der Waals surface area (Å²) in [7, 11) is 0. The van der Waals surface area contributed by atoms with Crippen LogP contribution in [0.15, 0.2) is 24.3 Å². The molecule has 2 saturated heterocycles. The smallest absolute Gasteiger partial charge is 0.249 e. The molecule has 0 saturated carbocycles. The van der Waals surface area contributed by atoms with Crippen LogP contribution in [0.3, 0.4) is 0 Å². The van der Waals surface area contributed by atoms with Crippen molar-refractivity contribution < 1.29 is 24.2 Å². The number of nitrogens with zero attached hydrogens (tertiary/aromatic N) is 3. The second-order valence-electron chi connectivity index (χ2n) is 9.43. The van der Waals surface area contributed by atoms with Crippen molar-refractivity contribution in [1.82, 2.24) is 14.7 Å². The van der Waals surface area contributed by atoms with Gasteiger partial charge in [-0.05, 0) is 27.2 Å². The number of hydrogen-bond donors (Lipinski definition) is 1. The normalized spacial score (nSPS) is 37.3. The number of carbonyl (C=O) groups is 3. The van der Waals surface area contributed by atoms with Gasteiger partial charge >= 0.3 is 0 Å². The monoisotopic (exact) mass is 431 g/mol. The quantitative estimate of drug-likeness (QED) is 0.643. The predicted octanol–water partition coefficient (Wildman–Crippen LogP) is 0.565. The fourth-order valence-corrected chi connectivity index (χ4v) is 5.87. The van der Waals surface area contributed by atoms with E-state index in [0.717, 1.165) is 6.42 Å². The van der Waals surface area contributed by atoms with E-state index in [1.807, 2.05) is 52.0 Å². The number of rotatable bonds is 5. The van der Waals surface area contributed by atoms with E-state index >= 15 is 0 Å². The van der Waals surface area contributed by atoms with Crippen LogP contribution in [-0.2, 0) is 19.1 Å². The minimum absolute atomic E-state index is 0.0305. The van der Waals surface area contributed by atoms with Crippen LogP contribution in [0.1, 0.15) is 34.1 Å². The first-order chi connectivity index (χ1) is 14.7. The number of carbonyl (C=O) groups excluding carboxylic acids is 3. The maximum absolute atomic E-state index is 13.7. The summed E-state index contributed by atoms with van der Waals surface area (Å²) in [6.07, 6.45) is 8.35. The number of fused-ring (bicyclic) bond motifs is 2. The van der Waals surface area contributed by atoms with Crippen molar-refractivity contribution in [3.63, 3.8) is 0 Å². The Morgan fingerprint density at radius 1 is 1.06 bits per heavy atom. The lowest BCUT2D eigenvalue weighted by Crippen LogP contribution is -2.57. The van der Waals surface area contributed by atoms with Gasteiger partial charge in [-0.15, -0.1) is 0 Å². The number of aliphatic hydroxyl groups is 1. The van der Waals surface area contributed by atoms with Crippen molar-refractivity contribution in [3.05, 3.63) is 24.3 Å². The second-order valence-corrected chi connectivity index (χ2v) is 9.43. The summed E-state index contributed by atoms with van der Waals surface area (Å²) < 4.78 is 6.66. The minimum atomic E-state index is -1.23. The highest BCUT2D eigenvalue weighted by atomic mass is 16.5. The molecule has 31 heavy (non-hydrogen) atoms. The molecule has 0 aromatic carbocycles. The van der Waals surface area contributed by atoms with Crippen LogP contribution in [-0.4, -0.2) is 93.6 Å². The molecule has 1 N–H and O–H groups in total. The first-order valence-electron chi connectivity index (χ1n) is 11.3. The molecule has 0 radical (unpaired) electrons. The number of hydrogen-bond acceptors (Lipinski definition) is 5. The van der Waals surface area contributed by atoms with Gasteiger partial charge in [0, 0.05) is 32.2 Å². The van der Waals surface area contributed by atoms with Crippen molar-refractivity contribution in [2.45, 2.75) is 57.4 Å². The van der Waals surface area contributed by atoms with Gasteiger partial charge in [-0.3, -0.25) is 14.4 Å². The number of β-amino-alcohol motifs (C(OH)–C–C–N with tert-alkyl or cyclic N) is 1. The first-order valence-corrected chi connectivity index (χ1v) is 11.3. The summed E-state index contributed by atoms with van der Waals surface area (Å²) in [5.74, 6) is -2.14. The average Bonchev–Trinajstić information content (AvgIpc) is 2.96. The Morgan fingerprint density at radius 3 is 2.42 bits per heavy atom. The molecule has 5 atom stereocenters. The molecule has 8 heteroatoms. The molecule has 4 rings (SSSR count). The van der Waals surface area contributed by atoms with E-state index in [2.05, 4.69) is 0 Å². The van der Waals surface area contributed by atoms with E-state index in [4.69, 9.17) is 4.74 Å². The van der Waals surface area contributed by atoms with Crippen LogP contribution in [0.25, 0.3) is 0 Å². The van der Waals surface area contributed by atoms with Gasteiger partial charge in [0.25, 0.3) is 0 Å². The number of amides is 3. The van der Waals surface area contributed by atoms with Gasteiger partial charge in [0.15, 0.2) is 0 Å². The highest BCUT2D eigenvalue weighted by Gasteiger charge is 2.74. The molecule has 170 valence electrons. The van der Waals surface area contributed by atoms with Crippen LogP contribution in [0.4, 0.5) is 0 Å². The Morgan fingerprint density at radius 2 is 1.77 bits per heavy atom. The summed E-state index contributed by atoms with van der Waals surface area (Å²) in [5.41, 5.74) is -2.22. The molecule has 0 aromatic rings. The fraction of sp³-hybridized carbons (Fsp3) is 0.696. The van der Waals surface area contributed by atoms with Crippen molar-refractivity contribution in [3.8, 4) is 0 Å². The standard InChI is InChI=1S/C23H33N3O5/c1-5-10-24-11-6-8-22(4)16(19(24)28)17-20(29)26(13-14-27)18-21(30)25(15(2)3)12-7-9-23(17,18)31-22/h6-9,15-18,27H,5,10-14H2,1-4H3/t16-,17-,18?,22+,23-/m0/s1. The van der Waals surface area contributed by atoms with E-state index in [-0.39, 0.29) is 36.9 Å². The van der Waals surface area contributed by atoms with Crippen molar-refractivity contribution in [1.29, 1.82) is 0 Å². The SMILES string of the molecule is CCCN1CC=C[C@@]2(C)O[C@]34C=CCN(C(C)C)C(=O)C3N(CCO)C(=O)[C@@H]4[C@H]2C1=O. The molecule has 3 amide bonds. The number of ether oxygens (including phenoxy) is 1. The van der Waals surface area contributed by atoms with E-state index in [9.17, 15) is 19.5 Å². The summed E-state index contributed by atoms with van der Waals surface area (Å²) in [4.78, 5) is 46.0. The van der Waals surface area contributed by atoms with Crippen molar-refractivity contribution >= 4 is 17.7 Å². The van der Waals surface area contributed by atoms with E-state index < -0.39 is 29.1 Å². The summed E-state index contributed by atoms with van der Waals surface area (Å²) >= 11 is 0. The van der Waals surface area contributed by atoms with Gasteiger partial charge < -0.3 is 24.5 Å². The molecular formula is C23H33N3O5. The zero-order chi connectivity index (χ0) is 22.6. The molecule has 4 aliphatic rings. The molecule has 4 heterocycles. The maximum Gasteiger partial charge on any atom is 0.249 e. The zero-order valence-corrected chi connectivity index (χ0v) is 18.8. The van der Waals surface area contributed by atoms with Crippen LogP contribution < -0.4 is 0 Å². The lowest BCUT2D eigenvalue weighted by Gasteiger charge is -2.38. The van der Waals surface area contributed by atoms with Gasteiger partial charge in [-0.25, -0.2) is 0 Å². The van der Waals surface area contributed by atoms with Crippen LogP contribution in [0, 0.1) is 11.8 Å². The Balaban J connectivity index is 1.86. The van der Waals surface area contributed by atoms with E-state index in [1.54, 1.807) is 9.80 Å². The van der Waals surface area contributed by atoms with Gasteiger partial charge in [0.05, 0.1) is 24.0 Å². The Kier molecular flexibility index (Phi) is 5.50. The first kappa shape index (κ1) is 22.0. The Hall–Kier alpha value is -2.19. The lowest BCUT2D eigenvalue weighted by atomic mass is 9.74.